The second kappa shape index (κ2) is 3.85. The molecule has 0 aliphatic carbocycles. The van der Waals surface area contributed by atoms with E-state index < -0.39 is 0 Å². The number of hydrogen-bond donors (Lipinski definition) is 0. The van der Waals surface area contributed by atoms with E-state index in [-0.39, 0.29) is 6.29 Å². The molecule has 0 bridgehead atoms. The summed E-state index contributed by atoms with van der Waals surface area (Å²) in [7, 11) is 0. The highest BCUT2D eigenvalue weighted by atomic mass is 16.7. The van der Waals surface area contributed by atoms with E-state index in [4.69, 9.17) is 9.47 Å². The fourth-order valence-electron chi connectivity index (χ4n) is 0.929. The van der Waals surface area contributed by atoms with Gasteiger partial charge in [0.1, 0.15) is 0 Å². The van der Waals surface area contributed by atoms with Crippen molar-refractivity contribution >= 4 is 0 Å². The van der Waals surface area contributed by atoms with Gasteiger partial charge in [-0.05, 0) is 12.8 Å². The molecule has 0 amide bonds. The Labute approximate surface area is 56.2 Å². The first-order valence-electron chi connectivity index (χ1n) is 3.66. The molecule has 0 radical (unpaired) electrons. The highest BCUT2D eigenvalue weighted by Crippen LogP contribution is 2.12. The fourth-order valence-corrected chi connectivity index (χ4v) is 0.929. The van der Waals surface area contributed by atoms with Crippen molar-refractivity contribution < 1.29 is 9.47 Å². The zero-order valence-corrected chi connectivity index (χ0v) is 5.93. The normalized spacial score (nSPS) is 27.0. The first-order valence-corrected chi connectivity index (χ1v) is 3.66. The molecule has 2 heteroatoms. The van der Waals surface area contributed by atoms with Crippen molar-refractivity contribution in [3.05, 3.63) is 0 Å². The van der Waals surface area contributed by atoms with Crippen LogP contribution >= 0.6 is 0 Å². The predicted octanol–water partition coefficient (Wildman–Crippen LogP) is 1.55. The van der Waals surface area contributed by atoms with E-state index in [9.17, 15) is 0 Å². The van der Waals surface area contributed by atoms with Crippen molar-refractivity contribution in [2.75, 3.05) is 13.2 Å². The molecule has 0 N–H and O–H groups in total. The molecule has 1 rings (SSSR count). The van der Waals surface area contributed by atoms with Crippen LogP contribution in [0.25, 0.3) is 0 Å². The lowest BCUT2D eigenvalue weighted by atomic mass is 10.4. The van der Waals surface area contributed by atoms with E-state index in [1.54, 1.807) is 0 Å². The van der Waals surface area contributed by atoms with Crippen LogP contribution in [-0.4, -0.2) is 19.5 Å². The van der Waals surface area contributed by atoms with Crippen LogP contribution in [0.2, 0.25) is 0 Å². The summed E-state index contributed by atoms with van der Waals surface area (Å²) in [6.07, 6.45) is 3.44. The van der Waals surface area contributed by atoms with E-state index in [0.29, 0.717) is 0 Å². The third-order valence-corrected chi connectivity index (χ3v) is 1.40. The van der Waals surface area contributed by atoms with E-state index in [1.807, 2.05) is 0 Å². The van der Waals surface area contributed by atoms with Crippen LogP contribution in [0.3, 0.4) is 0 Å². The molecule has 0 aromatic carbocycles. The lowest BCUT2D eigenvalue weighted by Crippen LogP contribution is -2.10. The van der Waals surface area contributed by atoms with Gasteiger partial charge in [-0.3, -0.25) is 0 Å². The standard InChI is InChI=1S/C7H14O2/c1-2-5-8-7-4-3-6-9-7/h7H,2-6H2,1H3/t7-/m1/s1. The first kappa shape index (κ1) is 7.03. The summed E-state index contributed by atoms with van der Waals surface area (Å²) in [4.78, 5) is 0. The summed E-state index contributed by atoms with van der Waals surface area (Å²) in [5.41, 5.74) is 0. The summed E-state index contributed by atoms with van der Waals surface area (Å²) in [5, 5.41) is 0. The maximum Gasteiger partial charge on any atom is 0.157 e. The van der Waals surface area contributed by atoms with Crippen LogP contribution in [0, 0.1) is 0 Å². The molecule has 0 spiro atoms. The Balaban J connectivity index is 1.98. The van der Waals surface area contributed by atoms with Crippen molar-refractivity contribution in [3.63, 3.8) is 0 Å². The minimum atomic E-state index is 0.116. The molecular formula is C7H14O2. The molecule has 1 atom stereocenters. The molecule has 9 heavy (non-hydrogen) atoms. The minimum Gasteiger partial charge on any atom is -0.353 e. The van der Waals surface area contributed by atoms with Crippen LogP contribution in [0.4, 0.5) is 0 Å². The molecule has 0 saturated carbocycles. The average Bonchev–Trinajstić information content (AvgIpc) is 2.34. The van der Waals surface area contributed by atoms with Gasteiger partial charge in [0, 0.05) is 19.6 Å². The third kappa shape index (κ3) is 2.33. The van der Waals surface area contributed by atoms with Gasteiger partial charge in [-0.2, -0.15) is 0 Å². The van der Waals surface area contributed by atoms with Crippen molar-refractivity contribution in [2.45, 2.75) is 32.5 Å². The van der Waals surface area contributed by atoms with E-state index in [1.165, 1.54) is 0 Å². The molecule has 2 nitrogen and oxygen atoms in total. The molecule has 0 unspecified atom stereocenters. The maximum absolute atomic E-state index is 5.33. The Morgan fingerprint density at radius 2 is 2.56 bits per heavy atom. The smallest absolute Gasteiger partial charge is 0.157 e. The van der Waals surface area contributed by atoms with Crippen molar-refractivity contribution in [3.8, 4) is 0 Å². The third-order valence-electron chi connectivity index (χ3n) is 1.40. The summed E-state index contributed by atoms with van der Waals surface area (Å²) in [6, 6.07) is 0. The zero-order valence-electron chi connectivity index (χ0n) is 5.93. The fraction of sp³-hybridized carbons (Fsp3) is 1.00. The van der Waals surface area contributed by atoms with Crippen molar-refractivity contribution in [2.24, 2.45) is 0 Å². The highest BCUT2D eigenvalue weighted by molar-refractivity contribution is 4.53. The van der Waals surface area contributed by atoms with Gasteiger partial charge in [0.15, 0.2) is 6.29 Å². The summed E-state index contributed by atoms with van der Waals surface area (Å²) < 4.78 is 10.6. The monoisotopic (exact) mass is 130 g/mol. The largest absolute Gasteiger partial charge is 0.353 e. The van der Waals surface area contributed by atoms with Gasteiger partial charge in [0.2, 0.25) is 0 Å². The van der Waals surface area contributed by atoms with E-state index in [0.717, 1.165) is 32.5 Å². The van der Waals surface area contributed by atoms with E-state index >= 15 is 0 Å². The highest BCUT2D eigenvalue weighted by Gasteiger charge is 2.14. The van der Waals surface area contributed by atoms with Crippen molar-refractivity contribution in [1.82, 2.24) is 0 Å². The molecule has 1 aliphatic heterocycles. The molecular weight excluding hydrogens is 116 g/mol. The first-order chi connectivity index (χ1) is 4.43. The molecule has 1 aliphatic rings. The Morgan fingerprint density at radius 3 is 3.11 bits per heavy atom. The second-order valence-electron chi connectivity index (χ2n) is 2.31. The lowest BCUT2D eigenvalue weighted by molar-refractivity contribution is -0.110. The van der Waals surface area contributed by atoms with Gasteiger partial charge >= 0.3 is 0 Å². The van der Waals surface area contributed by atoms with Crippen LogP contribution in [0.15, 0.2) is 0 Å². The van der Waals surface area contributed by atoms with Crippen LogP contribution in [0.1, 0.15) is 26.2 Å². The Morgan fingerprint density at radius 1 is 1.67 bits per heavy atom. The van der Waals surface area contributed by atoms with Gasteiger partial charge in [-0.1, -0.05) is 6.92 Å². The topological polar surface area (TPSA) is 18.5 Å². The molecule has 1 heterocycles. The van der Waals surface area contributed by atoms with Crippen LogP contribution < -0.4 is 0 Å². The van der Waals surface area contributed by atoms with Crippen LogP contribution in [0.5, 0.6) is 0 Å². The average molecular weight is 130 g/mol. The van der Waals surface area contributed by atoms with Gasteiger partial charge in [-0.15, -0.1) is 0 Å². The molecule has 1 fully saturated rings. The van der Waals surface area contributed by atoms with Gasteiger partial charge in [0.25, 0.3) is 0 Å². The molecule has 1 saturated heterocycles. The number of ether oxygens (including phenoxy) is 2. The van der Waals surface area contributed by atoms with Crippen molar-refractivity contribution in [1.29, 1.82) is 0 Å². The number of hydrogen-bond acceptors (Lipinski definition) is 2. The van der Waals surface area contributed by atoms with Crippen LogP contribution in [-0.2, 0) is 9.47 Å². The van der Waals surface area contributed by atoms with Gasteiger partial charge < -0.3 is 9.47 Å². The molecule has 0 aromatic rings. The summed E-state index contributed by atoms with van der Waals surface area (Å²) >= 11 is 0. The van der Waals surface area contributed by atoms with Gasteiger partial charge in [0.05, 0.1) is 0 Å². The molecule has 54 valence electrons. The Hall–Kier alpha value is -0.0800. The maximum atomic E-state index is 5.33. The summed E-state index contributed by atoms with van der Waals surface area (Å²) in [6.45, 7) is 3.83. The number of rotatable bonds is 3. The van der Waals surface area contributed by atoms with Gasteiger partial charge in [-0.25, -0.2) is 0 Å². The van der Waals surface area contributed by atoms with E-state index in [2.05, 4.69) is 6.92 Å². The SMILES string of the molecule is CCCO[C@H]1CCCO1. The minimum absolute atomic E-state index is 0.116. The Kier molecular flexibility index (Phi) is 3.01. The quantitative estimate of drug-likeness (QED) is 0.577. The molecule has 0 aromatic heterocycles. The predicted molar refractivity (Wildman–Crippen MR) is 35.2 cm³/mol. The second-order valence-corrected chi connectivity index (χ2v) is 2.31. The lowest BCUT2D eigenvalue weighted by Gasteiger charge is -2.08. The summed E-state index contributed by atoms with van der Waals surface area (Å²) in [5.74, 6) is 0. The Bertz CT molecular complexity index is 67.3. The zero-order chi connectivity index (χ0) is 6.53.